The number of nitrogens with one attached hydrogen (secondary N) is 1. The molecule has 0 aliphatic rings. The van der Waals surface area contributed by atoms with Crippen LogP contribution in [0.15, 0.2) is 22.8 Å². The van der Waals surface area contributed by atoms with Gasteiger partial charge in [-0.3, -0.25) is 4.68 Å². The summed E-state index contributed by atoms with van der Waals surface area (Å²) in [5, 5.41) is 7.93. The molecule has 2 heterocycles. The van der Waals surface area contributed by atoms with Gasteiger partial charge >= 0.3 is 0 Å². The van der Waals surface area contributed by atoms with E-state index in [-0.39, 0.29) is 6.04 Å². The van der Waals surface area contributed by atoms with E-state index >= 15 is 0 Å². The van der Waals surface area contributed by atoms with E-state index in [2.05, 4.69) is 31.2 Å². The van der Waals surface area contributed by atoms with Crippen LogP contribution in [0.5, 0.6) is 0 Å². The first-order valence-electron chi connectivity index (χ1n) is 6.39. The third-order valence-electron chi connectivity index (χ3n) is 3.40. The molecule has 1 atom stereocenters. The molecule has 4 heteroatoms. The van der Waals surface area contributed by atoms with E-state index < -0.39 is 0 Å². The molecule has 18 heavy (non-hydrogen) atoms. The molecular weight excluding hydrogens is 226 g/mol. The zero-order chi connectivity index (χ0) is 13.1. The smallest absolute Gasteiger partial charge is 0.121 e. The number of likely N-dealkylation sites (N-methyl/N-ethyl adjacent to an activating group) is 1. The highest BCUT2D eigenvalue weighted by molar-refractivity contribution is 5.26. The number of aromatic nitrogens is 2. The van der Waals surface area contributed by atoms with Crippen molar-refractivity contribution in [3.63, 3.8) is 0 Å². The van der Waals surface area contributed by atoms with Crippen molar-refractivity contribution in [2.75, 3.05) is 6.54 Å². The van der Waals surface area contributed by atoms with Gasteiger partial charge in [0.15, 0.2) is 0 Å². The summed E-state index contributed by atoms with van der Waals surface area (Å²) in [6.07, 6.45) is 2.63. The van der Waals surface area contributed by atoms with E-state index in [9.17, 15) is 0 Å². The molecule has 0 saturated heterocycles. The highest BCUT2D eigenvalue weighted by Crippen LogP contribution is 2.22. The minimum atomic E-state index is 0.214. The lowest BCUT2D eigenvalue weighted by Gasteiger charge is -2.15. The van der Waals surface area contributed by atoms with Crippen molar-refractivity contribution >= 4 is 0 Å². The normalized spacial score (nSPS) is 12.9. The summed E-state index contributed by atoms with van der Waals surface area (Å²) >= 11 is 0. The lowest BCUT2D eigenvalue weighted by Crippen LogP contribution is -2.23. The zero-order valence-electron chi connectivity index (χ0n) is 11.5. The summed E-state index contributed by atoms with van der Waals surface area (Å²) in [7, 11) is 1.99. The Morgan fingerprint density at radius 3 is 2.72 bits per heavy atom. The molecule has 1 unspecified atom stereocenters. The highest BCUT2D eigenvalue weighted by Gasteiger charge is 2.18. The van der Waals surface area contributed by atoms with Crippen molar-refractivity contribution in [2.24, 2.45) is 7.05 Å². The van der Waals surface area contributed by atoms with Crippen LogP contribution >= 0.6 is 0 Å². The maximum atomic E-state index is 5.52. The number of furan rings is 1. The molecule has 0 aromatic carbocycles. The van der Waals surface area contributed by atoms with Gasteiger partial charge in [0.1, 0.15) is 5.76 Å². The molecule has 0 spiro atoms. The van der Waals surface area contributed by atoms with Gasteiger partial charge < -0.3 is 9.73 Å². The second-order valence-electron chi connectivity index (χ2n) is 4.60. The van der Waals surface area contributed by atoms with Crippen molar-refractivity contribution in [1.82, 2.24) is 15.1 Å². The van der Waals surface area contributed by atoms with Crippen molar-refractivity contribution < 1.29 is 4.42 Å². The van der Waals surface area contributed by atoms with Crippen molar-refractivity contribution in [3.05, 3.63) is 41.1 Å². The molecule has 0 bridgehead atoms. The summed E-state index contributed by atoms with van der Waals surface area (Å²) < 4.78 is 7.46. The molecule has 0 aliphatic heterocycles. The Bertz CT molecular complexity index is 499. The first-order chi connectivity index (χ1) is 8.63. The summed E-state index contributed by atoms with van der Waals surface area (Å²) in [6.45, 7) is 7.20. The zero-order valence-corrected chi connectivity index (χ0v) is 11.5. The van der Waals surface area contributed by atoms with Gasteiger partial charge in [-0.05, 0) is 44.5 Å². The predicted octanol–water partition coefficient (Wildman–Crippen LogP) is 2.52. The molecule has 2 aromatic heterocycles. The first-order valence-corrected chi connectivity index (χ1v) is 6.39. The third-order valence-corrected chi connectivity index (χ3v) is 3.40. The average Bonchev–Trinajstić information content (AvgIpc) is 2.93. The van der Waals surface area contributed by atoms with E-state index in [4.69, 9.17) is 4.42 Å². The second kappa shape index (κ2) is 5.40. The van der Waals surface area contributed by atoms with Crippen LogP contribution in [0.1, 0.15) is 35.7 Å². The van der Waals surface area contributed by atoms with Crippen LogP contribution in [0.3, 0.4) is 0 Å². The van der Waals surface area contributed by atoms with Gasteiger partial charge in [-0.2, -0.15) is 5.10 Å². The summed E-state index contributed by atoms with van der Waals surface area (Å²) in [4.78, 5) is 0. The van der Waals surface area contributed by atoms with Crippen molar-refractivity contribution in [2.45, 2.75) is 33.2 Å². The Morgan fingerprint density at radius 1 is 1.44 bits per heavy atom. The molecule has 2 aromatic rings. The maximum Gasteiger partial charge on any atom is 0.121 e. The quantitative estimate of drug-likeness (QED) is 0.883. The van der Waals surface area contributed by atoms with Crippen molar-refractivity contribution in [1.29, 1.82) is 0 Å². The molecule has 0 saturated carbocycles. The van der Waals surface area contributed by atoms with E-state index in [1.807, 2.05) is 23.9 Å². The van der Waals surface area contributed by atoms with Crippen LogP contribution in [-0.2, 0) is 13.5 Å². The maximum absolute atomic E-state index is 5.52. The van der Waals surface area contributed by atoms with Gasteiger partial charge in [-0.25, -0.2) is 0 Å². The fraction of sp³-hybridized carbons (Fsp3) is 0.500. The highest BCUT2D eigenvalue weighted by atomic mass is 16.3. The van der Waals surface area contributed by atoms with Gasteiger partial charge in [0.2, 0.25) is 0 Å². The lowest BCUT2D eigenvalue weighted by atomic mass is 10.0. The van der Waals surface area contributed by atoms with Crippen molar-refractivity contribution in [3.8, 4) is 0 Å². The number of hydrogen-bond acceptors (Lipinski definition) is 3. The monoisotopic (exact) mass is 247 g/mol. The Morgan fingerprint density at radius 2 is 2.22 bits per heavy atom. The van der Waals surface area contributed by atoms with E-state index in [1.54, 1.807) is 6.26 Å². The Hall–Kier alpha value is -1.55. The number of hydrogen-bond donors (Lipinski definition) is 1. The molecule has 98 valence electrons. The Balaban J connectivity index is 2.24. The van der Waals surface area contributed by atoms with Crippen LogP contribution in [0.4, 0.5) is 0 Å². The van der Waals surface area contributed by atoms with Gasteiger partial charge in [0.25, 0.3) is 0 Å². The molecule has 0 fully saturated rings. The third kappa shape index (κ3) is 2.48. The second-order valence-corrected chi connectivity index (χ2v) is 4.60. The fourth-order valence-corrected chi connectivity index (χ4v) is 2.33. The minimum absolute atomic E-state index is 0.214. The van der Waals surface area contributed by atoms with Gasteiger partial charge in [-0.1, -0.05) is 6.92 Å². The Labute approximate surface area is 108 Å². The molecule has 0 aliphatic carbocycles. The van der Waals surface area contributed by atoms with Crippen LogP contribution < -0.4 is 5.32 Å². The largest absolute Gasteiger partial charge is 0.468 e. The fourth-order valence-electron chi connectivity index (χ4n) is 2.33. The van der Waals surface area contributed by atoms with E-state index in [1.165, 1.54) is 11.3 Å². The molecule has 0 radical (unpaired) electrons. The number of rotatable bonds is 5. The topological polar surface area (TPSA) is 43.0 Å². The molecule has 1 N–H and O–H groups in total. The van der Waals surface area contributed by atoms with Gasteiger partial charge in [0, 0.05) is 12.7 Å². The van der Waals surface area contributed by atoms with E-state index in [0.717, 1.165) is 24.4 Å². The average molecular weight is 247 g/mol. The van der Waals surface area contributed by atoms with Crippen LogP contribution in [0.2, 0.25) is 0 Å². The minimum Gasteiger partial charge on any atom is -0.468 e. The Kier molecular flexibility index (Phi) is 3.87. The lowest BCUT2D eigenvalue weighted by molar-refractivity contribution is 0.415. The predicted molar refractivity (Wildman–Crippen MR) is 71.5 cm³/mol. The standard InChI is InChI=1S/C14H21N3O/c1-5-15-13(14-7-6-8-18-14)9-12-10(2)16-17(4)11(12)3/h6-8,13,15H,5,9H2,1-4H3. The van der Waals surface area contributed by atoms with Gasteiger partial charge in [0.05, 0.1) is 18.0 Å². The van der Waals surface area contributed by atoms with Crippen LogP contribution in [0.25, 0.3) is 0 Å². The van der Waals surface area contributed by atoms with E-state index in [0.29, 0.717) is 0 Å². The first kappa shape index (κ1) is 12.9. The van der Waals surface area contributed by atoms with Crippen LogP contribution in [0, 0.1) is 13.8 Å². The number of aryl methyl sites for hydroxylation is 2. The molecule has 2 rings (SSSR count). The van der Waals surface area contributed by atoms with Crippen LogP contribution in [-0.4, -0.2) is 16.3 Å². The van der Waals surface area contributed by atoms with Gasteiger partial charge in [-0.15, -0.1) is 0 Å². The molecular formula is C14H21N3O. The molecule has 4 nitrogen and oxygen atoms in total. The summed E-state index contributed by atoms with van der Waals surface area (Å²) in [5.41, 5.74) is 3.63. The SMILES string of the molecule is CCNC(Cc1c(C)nn(C)c1C)c1ccco1. The summed E-state index contributed by atoms with van der Waals surface area (Å²) in [6, 6.07) is 4.17. The number of nitrogens with zero attached hydrogens (tertiary/aromatic N) is 2. The summed E-state index contributed by atoms with van der Waals surface area (Å²) in [5.74, 6) is 0.986. The molecule has 0 amide bonds.